The number of fused-ring (bicyclic) bond motifs is 1. The summed E-state index contributed by atoms with van der Waals surface area (Å²) in [5, 5.41) is 5.32. The summed E-state index contributed by atoms with van der Waals surface area (Å²) in [5.74, 6) is -0.429. The molecular formula is C14H13BrN2O4S. The number of allylic oxidation sites excluding steroid dienone is 1. The number of hydrogen-bond donors (Lipinski definition) is 0. The van der Waals surface area contributed by atoms with Crippen LogP contribution in [0.3, 0.4) is 0 Å². The van der Waals surface area contributed by atoms with Gasteiger partial charge < -0.3 is 4.74 Å². The Morgan fingerprint density at radius 1 is 1.41 bits per heavy atom. The Bertz CT molecular complexity index is 824. The summed E-state index contributed by atoms with van der Waals surface area (Å²) in [5.41, 5.74) is 1.15. The first-order valence-corrected chi connectivity index (χ1v) is 8.60. The summed E-state index contributed by atoms with van der Waals surface area (Å²) < 4.78 is 25.7. The van der Waals surface area contributed by atoms with E-state index in [9.17, 15) is 9.00 Å². The lowest BCUT2D eigenvalue weighted by molar-refractivity contribution is 0.0488. The second-order valence-electron chi connectivity index (χ2n) is 4.72. The Morgan fingerprint density at radius 3 is 2.73 bits per heavy atom. The van der Waals surface area contributed by atoms with Crippen molar-refractivity contribution < 1.29 is 13.5 Å². The number of rotatable bonds is 3. The van der Waals surface area contributed by atoms with E-state index in [4.69, 9.17) is 9.26 Å². The van der Waals surface area contributed by atoms with Gasteiger partial charge in [-0.15, -0.1) is 0 Å². The molecule has 0 spiro atoms. The van der Waals surface area contributed by atoms with Crippen LogP contribution in [0.4, 0.5) is 0 Å². The van der Waals surface area contributed by atoms with Crippen LogP contribution in [0.15, 0.2) is 43.5 Å². The zero-order valence-electron chi connectivity index (χ0n) is 11.9. The summed E-state index contributed by atoms with van der Waals surface area (Å²) in [6, 6.07) is 7.22. The molecule has 8 heteroatoms. The Balaban J connectivity index is 2.33. The molecule has 1 aliphatic heterocycles. The predicted molar refractivity (Wildman–Crippen MR) is 85.4 cm³/mol. The summed E-state index contributed by atoms with van der Waals surface area (Å²) in [6.45, 7) is 3.78. The number of benzene rings is 1. The van der Waals surface area contributed by atoms with Crippen LogP contribution in [-0.4, -0.2) is 20.5 Å². The van der Waals surface area contributed by atoms with Crippen LogP contribution in [0, 0.1) is 0 Å². The Hall–Kier alpha value is -1.51. The van der Waals surface area contributed by atoms with Crippen molar-refractivity contribution in [3.8, 4) is 0 Å². The largest absolute Gasteiger partial charge is 0.446 e. The van der Waals surface area contributed by atoms with E-state index in [1.54, 1.807) is 26.0 Å². The molecule has 0 aliphatic carbocycles. The maximum atomic E-state index is 12.9. The normalized spacial score (nSPS) is 24.0. The Kier molecular flexibility index (Phi) is 3.92. The lowest BCUT2D eigenvalue weighted by atomic mass is 10.1. The monoisotopic (exact) mass is 384 g/mol. The van der Waals surface area contributed by atoms with Crippen molar-refractivity contribution in [2.45, 2.75) is 18.8 Å². The summed E-state index contributed by atoms with van der Waals surface area (Å²) in [4.78, 5) is 10.5. The van der Waals surface area contributed by atoms with E-state index in [1.165, 1.54) is 9.98 Å². The van der Waals surface area contributed by atoms with E-state index in [-0.39, 0.29) is 5.82 Å². The number of hydrogen-bond acceptors (Lipinski definition) is 5. The SMILES string of the molecule is CCO[C@]1(c2ccc(Br)cc2)c2noc(=O)n2C(C)=CS1=O. The van der Waals surface area contributed by atoms with Crippen LogP contribution in [0.1, 0.15) is 25.2 Å². The number of nitrogens with zero attached hydrogens (tertiary/aromatic N) is 2. The van der Waals surface area contributed by atoms with E-state index < -0.39 is 21.5 Å². The van der Waals surface area contributed by atoms with Gasteiger partial charge in [0.1, 0.15) is 0 Å². The minimum atomic E-state index is -1.55. The van der Waals surface area contributed by atoms with Crippen molar-refractivity contribution in [2.24, 2.45) is 0 Å². The maximum absolute atomic E-state index is 12.9. The van der Waals surface area contributed by atoms with Gasteiger partial charge >= 0.3 is 5.76 Å². The van der Waals surface area contributed by atoms with Crippen molar-refractivity contribution in [1.29, 1.82) is 0 Å². The van der Waals surface area contributed by atoms with Crippen molar-refractivity contribution >= 4 is 32.4 Å². The highest BCUT2D eigenvalue weighted by molar-refractivity contribution is 9.10. The molecule has 0 fully saturated rings. The van der Waals surface area contributed by atoms with Gasteiger partial charge in [-0.3, -0.25) is 8.73 Å². The minimum absolute atomic E-state index is 0.194. The Labute approximate surface area is 137 Å². The summed E-state index contributed by atoms with van der Waals surface area (Å²) in [7, 11) is -1.55. The third kappa shape index (κ3) is 2.13. The van der Waals surface area contributed by atoms with E-state index in [1.807, 2.05) is 12.1 Å². The van der Waals surface area contributed by atoms with Gasteiger partial charge in [-0.05, 0) is 26.0 Å². The molecule has 1 aromatic carbocycles. The molecule has 1 aromatic heterocycles. The molecule has 0 bridgehead atoms. The van der Waals surface area contributed by atoms with Gasteiger partial charge in [0.2, 0.25) is 10.8 Å². The smallest absolute Gasteiger partial charge is 0.351 e. The third-order valence-electron chi connectivity index (χ3n) is 3.38. The van der Waals surface area contributed by atoms with E-state index in [2.05, 4.69) is 21.1 Å². The molecule has 2 heterocycles. The van der Waals surface area contributed by atoms with Gasteiger partial charge in [-0.1, -0.05) is 33.2 Å². The van der Waals surface area contributed by atoms with Crippen LogP contribution in [0.25, 0.3) is 5.70 Å². The molecule has 1 unspecified atom stereocenters. The van der Waals surface area contributed by atoms with Crippen molar-refractivity contribution in [3.05, 3.63) is 56.1 Å². The van der Waals surface area contributed by atoms with Crippen LogP contribution in [-0.2, 0) is 20.5 Å². The molecule has 2 aromatic rings. The zero-order valence-corrected chi connectivity index (χ0v) is 14.3. The van der Waals surface area contributed by atoms with Crippen molar-refractivity contribution in [3.63, 3.8) is 0 Å². The fourth-order valence-corrected chi connectivity index (χ4v) is 4.23. The highest BCUT2D eigenvalue weighted by Crippen LogP contribution is 2.40. The molecule has 22 heavy (non-hydrogen) atoms. The lowest BCUT2D eigenvalue weighted by Crippen LogP contribution is -2.42. The van der Waals surface area contributed by atoms with Crippen LogP contribution < -0.4 is 5.76 Å². The van der Waals surface area contributed by atoms with E-state index in [0.29, 0.717) is 17.9 Å². The topological polar surface area (TPSA) is 74.3 Å². The number of aromatic nitrogens is 2. The molecule has 3 rings (SSSR count). The van der Waals surface area contributed by atoms with Crippen LogP contribution in [0.2, 0.25) is 0 Å². The second kappa shape index (κ2) is 5.60. The fourth-order valence-electron chi connectivity index (χ4n) is 2.47. The van der Waals surface area contributed by atoms with Gasteiger partial charge in [-0.2, -0.15) is 0 Å². The molecule has 0 amide bonds. The van der Waals surface area contributed by atoms with Gasteiger partial charge in [0.05, 0.1) is 10.8 Å². The van der Waals surface area contributed by atoms with Gasteiger partial charge in [0.15, 0.2) is 0 Å². The minimum Gasteiger partial charge on any atom is -0.351 e. The van der Waals surface area contributed by atoms with Gasteiger partial charge in [-0.25, -0.2) is 9.36 Å². The fraction of sp³-hybridized carbons (Fsp3) is 0.286. The van der Waals surface area contributed by atoms with Crippen LogP contribution in [0.5, 0.6) is 0 Å². The first kappa shape index (κ1) is 15.4. The lowest BCUT2D eigenvalue weighted by Gasteiger charge is -2.33. The molecule has 0 saturated carbocycles. The molecule has 6 nitrogen and oxygen atoms in total. The molecule has 1 aliphatic rings. The third-order valence-corrected chi connectivity index (χ3v) is 5.57. The van der Waals surface area contributed by atoms with E-state index >= 15 is 0 Å². The molecular weight excluding hydrogens is 372 g/mol. The maximum Gasteiger partial charge on any atom is 0.446 e. The molecule has 0 N–H and O–H groups in total. The zero-order chi connectivity index (χ0) is 15.9. The first-order chi connectivity index (χ1) is 10.5. The predicted octanol–water partition coefficient (Wildman–Crippen LogP) is 2.42. The van der Waals surface area contributed by atoms with E-state index in [0.717, 1.165) is 4.47 Å². The standard InChI is InChI=1S/C14H13BrN2O4S/c1-3-20-14(10-4-6-11(15)7-5-10)12-16-21-13(18)17(12)9(2)8-22(14)19/h4-8H,3H2,1-2H3/t14-,22?/m0/s1. The Morgan fingerprint density at radius 2 is 2.09 bits per heavy atom. The summed E-state index contributed by atoms with van der Waals surface area (Å²) in [6.07, 6.45) is 0. The molecule has 2 atom stereocenters. The second-order valence-corrected chi connectivity index (χ2v) is 7.04. The average Bonchev–Trinajstić information content (AvgIpc) is 2.87. The van der Waals surface area contributed by atoms with Gasteiger partial charge in [0.25, 0.3) is 0 Å². The molecule has 0 radical (unpaired) electrons. The van der Waals surface area contributed by atoms with Crippen LogP contribution >= 0.6 is 15.9 Å². The highest BCUT2D eigenvalue weighted by Gasteiger charge is 2.49. The van der Waals surface area contributed by atoms with Crippen molar-refractivity contribution in [1.82, 2.24) is 9.72 Å². The summed E-state index contributed by atoms with van der Waals surface area (Å²) >= 11 is 3.37. The van der Waals surface area contributed by atoms with Crippen molar-refractivity contribution in [2.75, 3.05) is 6.61 Å². The molecule has 0 saturated heterocycles. The number of halogens is 1. The number of ether oxygens (including phenoxy) is 1. The first-order valence-electron chi connectivity index (χ1n) is 6.59. The quantitative estimate of drug-likeness (QED) is 0.811. The molecule has 116 valence electrons. The average molecular weight is 385 g/mol. The highest BCUT2D eigenvalue weighted by atomic mass is 79.9. The van der Waals surface area contributed by atoms with Gasteiger partial charge in [0, 0.05) is 27.7 Å².